The molecule has 2 aromatic carbocycles. The number of nitrogens with zero attached hydrogens (tertiary/aromatic N) is 1. The van der Waals surface area contributed by atoms with Crippen LogP contribution in [0.15, 0.2) is 54.6 Å². The summed E-state index contributed by atoms with van der Waals surface area (Å²) in [4.78, 5) is 26.4. The maximum absolute atomic E-state index is 13.5. The molecule has 0 aromatic heterocycles. The van der Waals surface area contributed by atoms with Crippen LogP contribution in [0.3, 0.4) is 0 Å². The Balaban J connectivity index is 1.47. The number of ether oxygens (including phenoxy) is 1. The van der Waals surface area contributed by atoms with E-state index in [-0.39, 0.29) is 48.6 Å². The lowest BCUT2D eigenvalue weighted by Crippen LogP contribution is -2.48. The number of aliphatic hydroxyl groups is 1. The van der Waals surface area contributed by atoms with Crippen molar-refractivity contribution in [2.24, 2.45) is 5.92 Å². The summed E-state index contributed by atoms with van der Waals surface area (Å²) in [6.07, 6.45) is 2.48. The van der Waals surface area contributed by atoms with Gasteiger partial charge in [0.05, 0.1) is 31.3 Å². The first-order valence-electron chi connectivity index (χ1n) is 12.2. The van der Waals surface area contributed by atoms with Crippen LogP contribution in [0, 0.1) is 5.92 Å². The lowest BCUT2D eigenvalue weighted by atomic mass is 9.93. The highest BCUT2D eigenvalue weighted by Gasteiger charge is 2.50. The van der Waals surface area contributed by atoms with Crippen LogP contribution >= 0.6 is 0 Å². The fraction of sp³-hybridized carbons (Fsp3) is 0.519. The second-order valence-corrected chi connectivity index (χ2v) is 14.3. The molecule has 5 atom stereocenters. The molecule has 0 aliphatic carbocycles. The summed E-state index contributed by atoms with van der Waals surface area (Å²) < 4.78 is 6.50. The molecule has 5 nitrogen and oxygen atoms in total. The Kier molecular flexibility index (Phi) is 7.39. The molecule has 0 bridgehead atoms. The summed E-state index contributed by atoms with van der Waals surface area (Å²) in [6, 6.07) is 18.3. The van der Waals surface area contributed by atoms with E-state index in [1.54, 1.807) is 0 Å². The molecule has 1 amide bonds. The quantitative estimate of drug-likeness (QED) is 0.606. The van der Waals surface area contributed by atoms with Gasteiger partial charge in [-0.15, -0.1) is 0 Å². The van der Waals surface area contributed by atoms with Gasteiger partial charge in [-0.3, -0.25) is 4.79 Å². The third-order valence-corrected chi connectivity index (χ3v) is 10.1. The van der Waals surface area contributed by atoms with Crippen molar-refractivity contribution < 1.29 is 19.4 Å². The minimum Gasteiger partial charge on any atom is -0.432 e. The first-order chi connectivity index (χ1) is 15.8. The number of hydrogen-bond donors (Lipinski definition) is 2. The lowest BCUT2D eigenvalue weighted by Gasteiger charge is -2.37. The summed E-state index contributed by atoms with van der Waals surface area (Å²) >= 11 is 0. The largest absolute Gasteiger partial charge is 0.432 e. The highest BCUT2D eigenvalue weighted by molar-refractivity contribution is 6.71. The van der Waals surface area contributed by atoms with Gasteiger partial charge in [0, 0.05) is 12.1 Å². The zero-order chi connectivity index (χ0) is 23.6. The smallest absolute Gasteiger partial charge is 0.225 e. The van der Waals surface area contributed by atoms with Gasteiger partial charge >= 0.3 is 0 Å². The number of fused-ring (bicyclic) bond motifs is 1. The third-order valence-electron chi connectivity index (χ3n) is 7.54. The predicted octanol–water partition coefficient (Wildman–Crippen LogP) is 3.93. The fourth-order valence-corrected chi connectivity index (χ4v) is 8.50. The first kappa shape index (κ1) is 24.1. The molecule has 4 rings (SSSR count). The molecule has 2 aliphatic heterocycles. The predicted molar refractivity (Wildman–Crippen MR) is 132 cm³/mol. The molecule has 0 radical (unpaired) electrons. The van der Waals surface area contributed by atoms with Gasteiger partial charge in [0.15, 0.2) is 8.32 Å². The van der Waals surface area contributed by atoms with Crippen LogP contribution < -0.4 is 0 Å². The van der Waals surface area contributed by atoms with Crippen molar-refractivity contribution in [1.82, 2.24) is 4.90 Å². The van der Waals surface area contributed by atoms with Crippen LogP contribution in [-0.4, -0.2) is 53.9 Å². The summed E-state index contributed by atoms with van der Waals surface area (Å²) in [5.74, 6) is 0.210. The Morgan fingerprint density at radius 3 is 2.39 bits per heavy atom. The molecule has 2 aromatic rings. The molecule has 2 heterocycles. The first-order valence-corrected chi connectivity index (χ1v) is 15.2. The molecule has 1 fully saturated rings. The van der Waals surface area contributed by atoms with Crippen LogP contribution in [0.4, 0.5) is 0 Å². The minimum absolute atomic E-state index is 0.00637. The Labute approximate surface area is 198 Å². The second-order valence-electron chi connectivity index (χ2n) is 10.3. The molecule has 33 heavy (non-hydrogen) atoms. The second kappa shape index (κ2) is 10.1. The standard InChI is InChI=1S/C27H37NO4Si/c1-19-24(14-13-20-9-5-4-6-10-20)32-25(27(19)33(2,3)31)16-26(30)28-17-22-12-8-7-11-21(22)15-23(28)18-29/h4-12,19,23-25,27,29,31H,13-18H2,1-3H3/t19-,23-,24+,25-,27+/m0/s1. The van der Waals surface area contributed by atoms with E-state index in [1.807, 2.05) is 36.2 Å². The van der Waals surface area contributed by atoms with Gasteiger partial charge in [-0.1, -0.05) is 61.5 Å². The van der Waals surface area contributed by atoms with E-state index in [1.165, 1.54) is 11.1 Å². The normalized spacial score (nSPS) is 27.4. The van der Waals surface area contributed by atoms with Crippen LogP contribution in [0.2, 0.25) is 18.6 Å². The number of benzene rings is 2. The number of carbonyl (C=O) groups excluding carboxylic acids is 1. The highest BCUT2D eigenvalue weighted by atomic mass is 28.4. The topological polar surface area (TPSA) is 70.0 Å². The van der Waals surface area contributed by atoms with Gasteiger partial charge < -0.3 is 19.5 Å². The minimum atomic E-state index is -2.54. The van der Waals surface area contributed by atoms with Crippen LogP contribution in [0.1, 0.15) is 36.5 Å². The Morgan fingerprint density at radius 1 is 1.06 bits per heavy atom. The molecule has 178 valence electrons. The fourth-order valence-electron chi connectivity index (χ4n) is 5.89. The summed E-state index contributed by atoms with van der Waals surface area (Å²) in [5, 5.41) is 9.98. The Morgan fingerprint density at radius 2 is 1.73 bits per heavy atom. The van der Waals surface area contributed by atoms with Crippen molar-refractivity contribution in [3.8, 4) is 0 Å². The average molecular weight is 468 g/mol. The molecule has 0 spiro atoms. The highest BCUT2D eigenvalue weighted by Crippen LogP contribution is 2.45. The van der Waals surface area contributed by atoms with E-state index in [9.17, 15) is 14.7 Å². The summed E-state index contributed by atoms with van der Waals surface area (Å²) in [5.41, 5.74) is 3.63. The number of hydrogen-bond acceptors (Lipinski definition) is 4. The average Bonchev–Trinajstić information content (AvgIpc) is 3.12. The number of aliphatic hydroxyl groups excluding tert-OH is 1. The zero-order valence-corrected chi connectivity index (χ0v) is 21.0. The Bertz CT molecular complexity index is 945. The van der Waals surface area contributed by atoms with Gasteiger partial charge in [0.1, 0.15) is 0 Å². The summed E-state index contributed by atoms with van der Waals surface area (Å²) in [7, 11) is -2.54. The molecular weight excluding hydrogens is 430 g/mol. The molecule has 2 N–H and O–H groups in total. The molecule has 0 saturated carbocycles. The van der Waals surface area contributed by atoms with E-state index in [0.29, 0.717) is 13.0 Å². The maximum Gasteiger partial charge on any atom is 0.225 e. The third kappa shape index (κ3) is 5.40. The van der Waals surface area contributed by atoms with Crippen LogP contribution in [-0.2, 0) is 28.9 Å². The van der Waals surface area contributed by atoms with Crippen LogP contribution in [0.5, 0.6) is 0 Å². The van der Waals surface area contributed by atoms with Gasteiger partial charge in [-0.05, 0) is 55.0 Å². The van der Waals surface area contributed by atoms with E-state index in [0.717, 1.165) is 18.4 Å². The van der Waals surface area contributed by atoms with Crippen molar-refractivity contribution in [3.63, 3.8) is 0 Å². The Hall–Kier alpha value is -1.99. The van der Waals surface area contributed by atoms with Gasteiger partial charge in [-0.2, -0.15) is 0 Å². The van der Waals surface area contributed by atoms with E-state index in [2.05, 4.69) is 43.3 Å². The summed E-state index contributed by atoms with van der Waals surface area (Å²) in [6.45, 7) is 6.56. The number of amides is 1. The van der Waals surface area contributed by atoms with Gasteiger partial charge in [-0.25, -0.2) is 0 Å². The van der Waals surface area contributed by atoms with Crippen molar-refractivity contribution >= 4 is 14.2 Å². The van der Waals surface area contributed by atoms with E-state index >= 15 is 0 Å². The molecule has 1 saturated heterocycles. The maximum atomic E-state index is 13.5. The van der Waals surface area contributed by atoms with Gasteiger partial charge in [0.2, 0.25) is 5.91 Å². The van der Waals surface area contributed by atoms with Crippen molar-refractivity contribution in [2.75, 3.05) is 6.61 Å². The monoisotopic (exact) mass is 467 g/mol. The van der Waals surface area contributed by atoms with Crippen molar-refractivity contribution in [3.05, 3.63) is 71.3 Å². The van der Waals surface area contributed by atoms with E-state index in [4.69, 9.17) is 4.74 Å². The van der Waals surface area contributed by atoms with Gasteiger partial charge in [0.25, 0.3) is 0 Å². The zero-order valence-electron chi connectivity index (χ0n) is 20.0. The molecular formula is C27H37NO4Si. The molecule has 0 unspecified atom stereocenters. The SMILES string of the molecule is C[C@@H]1[C@@H]([Si](C)(C)O)[C@H](CC(=O)N2Cc3ccccc3C[C@H]2CO)O[C@@H]1CCc1ccccc1. The van der Waals surface area contributed by atoms with Crippen molar-refractivity contribution in [2.45, 2.75) is 76.0 Å². The van der Waals surface area contributed by atoms with Crippen molar-refractivity contribution in [1.29, 1.82) is 0 Å². The number of rotatable bonds is 7. The van der Waals surface area contributed by atoms with Crippen LogP contribution in [0.25, 0.3) is 0 Å². The molecule has 6 heteroatoms. The number of aryl methyl sites for hydroxylation is 1. The number of carbonyl (C=O) groups is 1. The lowest BCUT2D eigenvalue weighted by molar-refractivity contribution is -0.138. The van der Waals surface area contributed by atoms with E-state index < -0.39 is 8.32 Å². The molecule has 2 aliphatic rings.